The highest BCUT2D eigenvalue weighted by Crippen LogP contribution is 2.24. The molecule has 0 spiro atoms. The van der Waals surface area contributed by atoms with E-state index in [9.17, 15) is 0 Å². The average molecular weight is 335 g/mol. The van der Waals surface area contributed by atoms with Gasteiger partial charge in [0.15, 0.2) is 0 Å². The van der Waals surface area contributed by atoms with Crippen LogP contribution >= 0.6 is 15.9 Å². The lowest BCUT2D eigenvalue weighted by Crippen LogP contribution is -2.36. The van der Waals surface area contributed by atoms with E-state index in [1.54, 1.807) is 6.20 Å². The van der Waals surface area contributed by atoms with Gasteiger partial charge in [-0.3, -0.25) is 4.98 Å². The Morgan fingerprint density at radius 3 is 2.70 bits per heavy atom. The first-order valence-corrected chi connectivity index (χ1v) is 7.31. The quantitative estimate of drug-likeness (QED) is 0.844. The molecule has 5 nitrogen and oxygen atoms in total. The zero-order valence-corrected chi connectivity index (χ0v) is 12.8. The van der Waals surface area contributed by atoms with Gasteiger partial charge in [0.05, 0.1) is 18.9 Å². The SMILES string of the molecule is Cc1nc(-c2cncc(Br)c2)cc(N2CCOCC2)n1. The second kappa shape index (κ2) is 5.85. The Labute approximate surface area is 126 Å². The molecule has 0 aliphatic carbocycles. The smallest absolute Gasteiger partial charge is 0.133 e. The Balaban J connectivity index is 1.97. The van der Waals surface area contributed by atoms with Gasteiger partial charge in [0.25, 0.3) is 0 Å². The van der Waals surface area contributed by atoms with Crippen molar-refractivity contribution in [2.75, 3.05) is 31.2 Å². The number of halogens is 1. The molecule has 3 heterocycles. The summed E-state index contributed by atoms with van der Waals surface area (Å²) < 4.78 is 6.32. The second-order valence-corrected chi connectivity index (χ2v) is 5.57. The van der Waals surface area contributed by atoms with Crippen LogP contribution in [0.3, 0.4) is 0 Å². The van der Waals surface area contributed by atoms with E-state index >= 15 is 0 Å². The van der Waals surface area contributed by atoms with Crippen molar-refractivity contribution in [3.63, 3.8) is 0 Å². The number of morpholine rings is 1. The maximum absolute atomic E-state index is 5.38. The van der Waals surface area contributed by atoms with Crippen molar-refractivity contribution in [2.24, 2.45) is 0 Å². The molecule has 0 bridgehead atoms. The first kappa shape index (κ1) is 13.5. The van der Waals surface area contributed by atoms with Crippen molar-refractivity contribution in [3.05, 3.63) is 34.8 Å². The molecule has 3 rings (SSSR count). The van der Waals surface area contributed by atoms with Crippen molar-refractivity contribution < 1.29 is 4.74 Å². The van der Waals surface area contributed by atoms with Crippen LogP contribution < -0.4 is 4.90 Å². The van der Waals surface area contributed by atoms with Crippen molar-refractivity contribution in [1.82, 2.24) is 15.0 Å². The van der Waals surface area contributed by atoms with Crippen LogP contribution in [0.1, 0.15) is 5.82 Å². The highest BCUT2D eigenvalue weighted by molar-refractivity contribution is 9.10. The number of pyridine rings is 1. The minimum atomic E-state index is 0.747. The number of rotatable bonds is 2. The molecule has 1 aliphatic heterocycles. The number of aryl methyl sites for hydroxylation is 1. The Morgan fingerprint density at radius 1 is 1.15 bits per heavy atom. The fourth-order valence-corrected chi connectivity index (χ4v) is 2.57. The van der Waals surface area contributed by atoms with E-state index < -0.39 is 0 Å². The molecule has 1 fully saturated rings. The van der Waals surface area contributed by atoms with E-state index in [1.807, 2.05) is 25.3 Å². The van der Waals surface area contributed by atoms with Crippen LogP contribution in [0.15, 0.2) is 29.0 Å². The molecule has 1 saturated heterocycles. The first-order valence-electron chi connectivity index (χ1n) is 6.52. The summed E-state index contributed by atoms with van der Waals surface area (Å²) in [5.41, 5.74) is 1.88. The Bertz CT molecular complexity index is 614. The van der Waals surface area contributed by atoms with Crippen LogP contribution in [0, 0.1) is 6.92 Å². The molecular weight excluding hydrogens is 320 g/mol. The third kappa shape index (κ3) is 2.96. The minimum Gasteiger partial charge on any atom is -0.378 e. The van der Waals surface area contributed by atoms with E-state index in [-0.39, 0.29) is 0 Å². The van der Waals surface area contributed by atoms with Gasteiger partial charge >= 0.3 is 0 Å². The molecule has 0 N–H and O–H groups in total. The van der Waals surface area contributed by atoms with Gasteiger partial charge in [-0.1, -0.05) is 0 Å². The van der Waals surface area contributed by atoms with E-state index in [1.165, 1.54) is 0 Å². The number of hydrogen-bond donors (Lipinski definition) is 0. The van der Waals surface area contributed by atoms with Crippen LogP contribution in [-0.2, 0) is 4.74 Å². The van der Waals surface area contributed by atoms with Gasteiger partial charge in [-0.2, -0.15) is 0 Å². The highest BCUT2D eigenvalue weighted by atomic mass is 79.9. The average Bonchev–Trinajstić information content (AvgIpc) is 2.47. The van der Waals surface area contributed by atoms with Gasteiger partial charge in [0.1, 0.15) is 11.6 Å². The van der Waals surface area contributed by atoms with Gasteiger partial charge in [-0.05, 0) is 28.9 Å². The minimum absolute atomic E-state index is 0.747. The third-order valence-electron chi connectivity index (χ3n) is 3.16. The number of ether oxygens (including phenoxy) is 1. The van der Waals surface area contributed by atoms with Gasteiger partial charge in [-0.25, -0.2) is 9.97 Å². The number of aromatic nitrogens is 3. The predicted molar refractivity (Wildman–Crippen MR) is 80.7 cm³/mol. The predicted octanol–water partition coefficient (Wildman–Crippen LogP) is 2.45. The summed E-state index contributed by atoms with van der Waals surface area (Å²) in [6.45, 7) is 5.14. The molecule has 0 radical (unpaired) electrons. The highest BCUT2D eigenvalue weighted by Gasteiger charge is 2.14. The fourth-order valence-electron chi connectivity index (χ4n) is 2.21. The van der Waals surface area contributed by atoms with E-state index in [0.29, 0.717) is 0 Å². The van der Waals surface area contributed by atoms with Crippen molar-refractivity contribution >= 4 is 21.7 Å². The summed E-state index contributed by atoms with van der Waals surface area (Å²) in [7, 11) is 0. The summed E-state index contributed by atoms with van der Waals surface area (Å²) in [5.74, 6) is 1.72. The van der Waals surface area contributed by atoms with E-state index in [2.05, 4.69) is 35.8 Å². The summed E-state index contributed by atoms with van der Waals surface area (Å²) >= 11 is 3.44. The monoisotopic (exact) mass is 334 g/mol. The molecule has 2 aromatic heterocycles. The topological polar surface area (TPSA) is 51.1 Å². The fraction of sp³-hybridized carbons (Fsp3) is 0.357. The van der Waals surface area contributed by atoms with Gasteiger partial charge in [0, 0.05) is 41.6 Å². The molecular formula is C14H15BrN4O. The molecule has 0 amide bonds. The zero-order chi connectivity index (χ0) is 13.9. The van der Waals surface area contributed by atoms with E-state index in [0.717, 1.165) is 53.7 Å². The lowest BCUT2D eigenvalue weighted by Gasteiger charge is -2.28. The van der Waals surface area contributed by atoms with Crippen LogP contribution in [0.5, 0.6) is 0 Å². The molecule has 0 aromatic carbocycles. The van der Waals surface area contributed by atoms with Gasteiger partial charge < -0.3 is 9.64 Å². The lowest BCUT2D eigenvalue weighted by atomic mass is 10.2. The largest absolute Gasteiger partial charge is 0.378 e. The Hall–Kier alpha value is -1.53. The molecule has 0 atom stereocenters. The maximum atomic E-state index is 5.38. The normalized spacial score (nSPS) is 15.4. The van der Waals surface area contributed by atoms with Crippen LogP contribution in [0.2, 0.25) is 0 Å². The molecule has 0 saturated carbocycles. The number of nitrogens with zero attached hydrogens (tertiary/aromatic N) is 4. The van der Waals surface area contributed by atoms with Crippen molar-refractivity contribution in [2.45, 2.75) is 6.92 Å². The second-order valence-electron chi connectivity index (χ2n) is 4.65. The summed E-state index contributed by atoms with van der Waals surface area (Å²) in [5, 5.41) is 0. The maximum Gasteiger partial charge on any atom is 0.133 e. The lowest BCUT2D eigenvalue weighted by molar-refractivity contribution is 0.122. The molecule has 104 valence electrons. The first-order chi connectivity index (χ1) is 9.72. The van der Waals surface area contributed by atoms with Gasteiger partial charge in [-0.15, -0.1) is 0 Å². The summed E-state index contributed by atoms with van der Waals surface area (Å²) in [4.78, 5) is 15.5. The number of hydrogen-bond acceptors (Lipinski definition) is 5. The van der Waals surface area contributed by atoms with E-state index in [4.69, 9.17) is 4.74 Å². The summed E-state index contributed by atoms with van der Waals surface area (Å²) in [6, 6.07) is 4.03. The van der Waals surface area contributed by atoms with Crippen molar-refractivity contribution in [1.29, 1.82) is 0 Å². The zero-order valence-electron chi connectivity index (χ0n) is 11.2. The van der Waals surface area contributed by atoms with Crippen LogP contribution in [-0.4, -0.2) is 41.3 Å². The standard InChI is InChI=1S/C14H15BrN4O/c1-10-17-13(11-6-12(15)9-16-8-11)7-14(18-10)19-2-4-20-5-3-19/h6-9H,2-5H2,1H3. The summed E-state index contributed by atoms with van der Waals surface area (Å²) in [6.07, 6.45) is 3.58. The molecule has 2 aromatic rings. The Kier molecular flexibility index (Phi) is 3.93. The van der Waals surface area contributed by atoms with Crippen molar-refractivity contribution in [3.8, 4) is 11.3 Å². The number of anilines is 1. The van der Waals surface area contributed by atoms with Crippen LogP contribution in [0.25, 0.3) is 11.3 Å². The molecule has 0 unspecified atom stereocenters. The van der Waals surface area contributed by atoms with Gasteiger partial charge in [0.2, 0.25) is 0 Å². The Morgan fingerprint density at radius 2 is 1.95 bits per heavy atom. The molecule has 6 heteroatoms. The molecule has 20 heavy (non-hydrogen) atoms. The molecule has 1 aliphatic rings. The third-order valence-corrected chi connectivity index (χ3v) is 3.59. The van der Waals surface area contributed by atoms with Crippen LogP contribution in [0.4, 0.5) is 5.82 Å².